The van der Waals surface area contributed by atoms with E-state index in [0.717, 1.165) is 64.7 Å². The van der Waals surface area contributed by atoms with E-state index in [1.807, 2.05) is 0 Å². The third-order valence-corrected chi connectivity index (χ3v) is 16.0. The van der Waals surface area contributed by atoms with Crippen LogP contribution in [0.15, 0.2) is 11.6 Å². The van der Waals surface area contributed by atoms with Crippen molar-refractivity contribution in [3.63, 3.8) is 0 Å². The van der Waals surface area contributed by atoms with Crippen LogP contribution in [0, 0.1) is 50.2 Å². The number of aliphatic hydroxyl groups is 1. The molecule has 4 saturated carbocycles. The van der Waals surface area contributed by atoms with E-state index in [1.54, 1.807) is 7.11 Å². The van der Waals surface area contributed by atoms with Crippen LogP contribution in [0.1, 0.15) is 127 Å². The summed E-state index contributed by atoms with van der Waals surface area (Å²) in [5.41, 5.74) is 0.856. The lowest BCUT2D eigenvalue weighted by molar-refractivity contribution is -0.326. The summed E-state index contributed by atoms with van der Waals surface area (Å²) in [7, 11) is 2.73. The highest BCUT2D eigenvalue weighted by molar-refractivity contribution is 5.79. The lowest BCUT2D eigenvalue weighted by Gasteiger charge is -2.71. The molecule has 0 radical (unpaired) electrons. The average Bonchev–Trinajstić information content (AvgIpc) is 3.07. The normalized spacial score (nSPS) is 45.4. The molecule has 5 aliphatic carbocycles. The molecule has 298 valence electrons. The number of hydrogen-bond donors (Lipinski definition) is 1. The minimum Gasteiger partial charge on any atom is -0.469 e. The fraction of sp³-hybridized carbons (Fsp3) is 0.857. The number of allylic oxidation sites excluding steroid dienone is 2. The molecule has 11 heteroatoms. The second kappa shape index (κ2) is 13.6. The summed E-state index contributed by atoms with van der Waals surface area (Å²) in [5, 5.41) is 11.5. The highest BCUT2D eigenvalue weighted by Gasteiger charge is 2.70. The van der Waals surface area contributed by atoms with E-state index in [9.17, 15) is 24.3 Å². The van der Waals surface area contributed by atoms with Gasteiger partial charge in [0.2, 0.25) is 0 Å². The number of rotatable bonds is 6. The van der Waals surface area contributed by atoms with Crippen molar-refractivity contribution < 1.29 is 52.7 Å². The fourth-order valence-corrected chi connectivity index (χ4v) is 13.1. The maximum absolute atomic E-state index is 13.6. The Labute approximate surface area is 315 Å². The van der Waals surface area contributed by atoms with E-state index in [4.69, 9.17) is 28.4 Å². The summed E-state index contributed by atoms with van der Waals surface area (Å²) in [6.45, 7) is 19.0. The van der Waals surface area contributed by atoms with Gasteiger partial charge in [-0.2, -0.15) is 0 Å². The van der Waals surface area contributed by atoms with E-state index in [-0.39, 0.29) is 51.0 Å². The molecule has 1 N–H and O–H groups in total. The Morgan fingerprint density at radius 1 is 0.792 bits per heavy atom. The quantitative estimate of drug-likeness (QED) is 0.138. The molecule has 0 amide bonds. The molecular formula is C42H64O11. The van der Waals surface area contributed by atoms with E-state index < -0.39 is 54.0 Å². The molecule has 6 aliphatic rings. The average molecular weight is 745 g/mol. The monoisotopic (exact) mass is 744 g/mol. The van der Waals surface area contributed by atoms with Gasteiger partial charge in [0.05, 0.1) is 25.7 Å². The predicted octanol–water partition coefficient (Wildman–Crippen LogP) is 6.47. The molecule has 1 aliphatic heterocycles. The molecule has 11 nitrogen and oxygen atoms in total. The number of carbonyl (C=O) groups is 4. The fourth-order valence-electron chi connectivity index (χ4n) is 13.1. The van der Waals surface area contributed by atoms with Gasteiger partial charge in [-0.3, -0.25) is 14.4 Å². The minimum absolute atomic E-state index is 0.00852. The number of aliphatic hydroxyl groups excluding tert-OH is 1. The Balaban J connectivity index is 1.28. The van der Waals surface area contributed by atoms with Crippen molar-refractivity contribution in [1.82, 2.24) is 0 Å². The Kier molecular flexibility index (Phi) is 10.3. The van der Waals surface area contributed by atoms with Crippen molar-refractivity contribution in [1.29, 1.82) is 0 Å². The first kappa shape index (κ1) is 40.2. The van der Waals surface area contributed by atoms with Crippen LogP contribution in [-0.4, -0.2) is 80.0 Å². The molecule has 0 unspecified atom stereocenters. The van der Waals surface area contributed by atoms with Gasteiger partial charge in [-0.05, 0) is 109 Å². The van der Waals surface area contributed by atoms with Crippen molar-refractivity contribution >= 4 is 23.9 Å². The van der Waals surface area contributed by atoms with E-state index in [0.29, 0.717) is 12.3 Å². The molecule has 0 aromatic carbocycles. The summed E-state index contributed by atoms with van der Waals surface area (Å²) < 4.78 is 34.0. The molecule has 53 heavy (non-hydrogen) atoms. The molecule has 13 atom stereocenters. The number of methoxy groups -OCH3 is 2. The van der Waals surface area contributed by atoms with E-state index in [2.05, 4.69) is 54.5 Å². The predicted molar refractivity (Wildman–Crippen MR) is 194 cm³/mol. The molecule has 1 saturated heterocycles. The summed E-state index contributed by atoms with van der Waals surface area (Å²) in [4.78, 5) is 50.7. The number of fused-ring (bicyclic) bond motifs is 7. The van der Waals surface area contributed by atoms with E-state index >= 15 is 0 Å². The maximum Gasteiger partial charge on any atom is 0.339 e. The Hall–Kier alpha value is -2.50. The zero-order chi connectivity index (χ0) is 39.1. The first-order chi connectivity index (χ1) is 24.6. The van der Waals surface area contributed by atoms with E-state index in [1.165, 1.54) is 19.6 Å². The van der Waals surface area contributed by atoms with Gasteiger partial charge in [0.25, 0.3) is 0 Å². The Morgan fingerprint density at radius 2 is 1.43 bits per heavy atom. The lowest BCUT2D eigenvalue weighted by atomic mass is 9.33. The Morgan fingerprint density at radius 3 is 2.06 bits per heavy atom. The zero-order valence-corrected chi connectivity index (χ0v) is 33.9. The number of hydrogen-bond acceptors (Lipinski definition) is 11. The van der Waals surface area contributed by atoms with Crippen molar-refractivity contribution in [3.8, 4) is 0 Å². The molecular weight excluding hydrogens is 680 g/mol. The van der Waals surface area contributed by atoms with Crippen LogP contribution in [0.25, 0.3) is 0 Å². The largest absolute Gasteiger partial charge is 0.469 e. The zero-order valence-electron chi connectivity index (χ0n) is 33.9. The van der Waals surface area contributed by atoms with Gasteiger partial charge in [-0.1, -0.05) is 60.1 Å². The van der Waals surface area contributed by atoms with Crippen LogP contribution in [0.3, 0.4) is 0 Å². The van der Waals surface area contributed by atoms with Crippen molar-refractivity contribution in [3.05, 3.63) is 11.6 Å². The van der Waals surface area contributed by atoms with Crippen LogP contribution in [0.4, 0.5) is 0 Å². The summed E-state index contributed by atoms with van der Waals surface area (Å²) in [6, 6.07) is 0. The molecule has 0 aromatic heterocycles. The van der Waals surface area contributed by atoms with Crippen LogP contribution in [0.5, 0.6) is 0 Å². The molecule has 6 rings (SSSR count). The second-order valence-corrected chi connectivity index (χ2v) is 19.4. The van der Waals surface area contributed by atoms with Crippen LogP contribution < -0.4 is 0 Å². The number of carbonyl (C=O) groups excluding carboxylic acids is 4. The molecule has 0 spiro atoms. The van der Waals surface area contributed by atoms with Crippen molar-refractivity contribution in [2.45, 2.75) is 163 Å². The molecule has 0 aromatic rings. The van der Waals surface area contributed by atoms with Gasteiger partial charge in [-0.15, -0.1) is 0 Å². The third-order valence-electron chi connectivity index (χ3n) is 16.0. The van der Waals surface area contributed by atoms with Gasteiger partial charge in [-0.25, -0.2) is 4.79 Å². The van der Waals surface area contributed by atoms with Crippen molar-refractivity contribution in [2.24, 2.45) is 50.2 Å². The smallest absolute Gasteiger partial charge is 0.339 e. The summed E-state index contributed by atoms with van der Waals surface area (Å²) >= 11 is 0. The van der Waals surface area contributed by atoms with Gasteiger partial charge in [0.15, 0.2) is 24.6 Å². The molecule has 1 heterocycles. The summed E-state index contributed by atoms with van der Waals surface area (Å²) in [5.74, 6) is -1.42. The number of esters is 4. The molecule has 0 bridgehead atoms. The Bertz CT molecular complexity index is 1520. The van der Waals surface area contributed by atoms with Crippen LogP contribution >= 0.6 is 0 Å². The van der Waals surface area contributed by atoms with Gasteiger partial charge < -0.3 is 33.5 Å². The third kappa shape index (κ3) is 6.17. The minimum atomic E-state index is -1.53. The van der Waals surface area contributed by atoms with Gasteiger partial charge in [0.1, 0.15) is 6.10 Å². The van der Waals surface area contributed by atoms with Gasteiger partial charge >= 0.3 is 23.9 Å². The van der Waals surface area contributed by atoms with Crippen LogP contribution in [-0.2, 0) is 47.6 Å². The number of ether oxygens (including phenoxy) is 6. The topological polar surface area (TPSA) is 144 Å². The van der Waals surface area contributed by atoms with Crippen LogP contribution in [0.2, 0.25) is 0 Å². The molecule has 5 fully saturated rings. The second-order valence-electron chi connectivity index (χ2n) is 19.4. The SMILES string of the molecule is COC(=O)[C@H]1O[C@@H](O[C@H]2CC[C@]3(C)[C@H]4CC=C5[C@@H]6CC(C)(C)CC[C@]6(C(=O)OC)CC[C@@]5(C)[C@]4(C)CC[C@H]3C2(C)C)[C@H](O)[C@@H](OC(C)=O)[C@@H]1OC(C)=O. The summed E-state index contributed by atoms with van der Waals surface area (Å²) in [6.07, 6.45) is 4.41. The van der Waals surface area contributed by atoms with Crippen molar-refractivity contribution in [2.75, 3.05) is 14.2 Å². The first-order valence-corrected chi connectivity index (χ1v) is 19.8. The highest BCUT2D eigenvalue weighted by atomic mass is 16.7. The van der Waals surface area contributed by atoms with Gasteiger partial charge in [0, 0.05) is 13.8 Å². The lowest BCUT2D eigenvalue weighted by Crippen LogP contribution is -2.66. The standard InChI is InChI=1S/C42H64O11/c1-23(43)50-31-30(45)35(53-33(34(46)48-10)32(31)51-24(2)44)52-29-15-16-39(7)27(38(29,5)6)14-17-41(9)28(39)13-12-25-26-22-37(3,4)18-20-42(26,36(47)49-11)21-19-40(25,41)8/h12,26-33,35,45H,13-22H2,1-11H3/t26-,27-,28+,29-,30+,31+,32-,33-,35+,39-,40+,41+,42-/m0/s1. The first-order valence-electron chi connectivity index (χ1n) is 19.8. The maximum atomic E-state index is 13.6. The highest BCUT2D eigenvalue weighted by Crippen LogP contribution is 2.76.